The fourth-order valence-electron chi connectivity index (χ4n) is 5.77. The number of aliphatic hydroxyl groups is 8. The number of hydrogen-bond acceptors (Lipinski definition) is 19. The highest BCUT2D eigenvalue weighted by atomic mass is 16.7. The SMILES string of the molecule is NCCC(O)CNC[C@H]1O[C@H](OC2[C@@H](N)C[C@@H](NC(=O)[C@@H](O)CCN)[C@H](O[C@H]3O[C@H](CO)[C@@H](O)[C@H](N)[C@H]3O)[C@H]2O)[C@H](N)[C@@H](O)[C@@H]1O. The summed E-state index contributed by atoms with van der Waals surface area (Å²) in [5.74, 6) is -0.838. The van der Waals surface area contributed by atoms with Gasteiger partial charge < -0.3 is 99.1 Å². The van der Waals surface area contributed by atoms with Gasteiger partial charge in [0.05, 0.1) is 30.8 Å². The number of rotatable bonds is 15. The van der Waals surface area contributed by atoms with Crippen molar-refractivity contribution in [3.8, 4) is 0 Å². The summed E-state index contributed by atoms with van der Waals surface area (Å²) in [6.07, 6.45) is -17.9. The molecule has 0 radical (unpaired) electrons. The number of nitrogens with one attached hydrogen (secondary N) is 2. The highest BCUT2D eigenvalue weighted by Crippen LogP contribution is 2.32. The van der Waals surface area contributed by atoms with Crippen LogP contribution in [0.4, 0.5) is 0 Å². The van der Waals surface area contributed by atoms with Crippen LogP contribution in [0.25, 0.3) is 0 Å². The number of amides is 1. The predicted octanol–water partition coefficient (Wildman–Crippen LogP) is -9.12. The Bertz CT molecular complexity index is 931. The number of aliphatic hydroxyl groups excluding tert-OH is 8. The van der Waals surface area contributed by atoms with Crippen molar-refractivity contribution in [3.05, 3.63) is 0 Å². The van der Waals surface area contributed by atoms with E-state index >= 15 is 0 Å². The molecule has 1 amide bonds. The van der Waals surface area contributed by atoms with E-state index in [9.17, 15) is 45.6 Å². The summed E-state index contributed by atoms with van der Waals surface area (Å²) in [7, 11) is 0. The quantitative estimate of drug-likeness (QED) is 0.0768. The summed E-state index contributed by atoms with van der Waals surface area (Å²) in [5, 5.41) is 88.8. The third-order valence-corrected chi connectivity index (χ3v) is 8.58. The first kappa shape index (κ1) is 39.2. The minimum absolute atomic E-state index is 0.00902. The first-order valence-electron chi connectivity index (χ1n) is 15.4. The van der Waals surface area contributed by atoms with Gasteiger partial charge in [0, 0.05) is 19.1 Å². The van der Waals surface area contributed by atoms with Gasteiger partial charge in [0.1, 0.15) is 61.0 Å². The molecule has 1 aliphatic carbocycles. The standard InChI is InChI=1S/C26H53N7O13/c27-3-1-9(35)6-32-7-13-18(38)19(39)16(31)25(43-13)45-22-10(29)5-11(33-24(42)12(36)2-4-28)23(21(22)41)46-26-20(40)15(30)17(37)14(8-34)44-26/h9-23,25-26,32,34-41H,1-8,27-31H2,(H,33,42)/t9?,10-,11+,12-,13+,14+,15-,16+,17+,18+,19+,20+,21-,22?,23-,25+,26+/m0/s1. The molecule has 0 aromatic rings. The lowest BCUT2D eigenvalue weighted by molar-refractivity contribution is -0.320. The first-order valence-corrected chi connectivity index (χ1v) is 15.4. The van der Waals surface area contributed by atoms with Gasteiger partial charge in [-0.25, -0.2) is 0 Å². The van der Waals surface area contributed by atoms with Crippen LogP contribution in [0, 0.1) is 0 Å². The highest BCUT2D eigenvalue weighted by Gasteiger charge is 2.52. The molecule has 3 fully saturated rings. The molecule has 0 spiro atoms. The second kappa shape index (κ2) is 17.9. The Balaban J connectivity index is 1.80. The zero-order valence-corrected chi connectivity index (χ0v) is 25.5. The summed E-state index contributed by atoms with van der Waals surface area (Å²) in [6.45, 7) is -0.293. The van der Waals surface area contributed by atoms with Crippen LogP contribution in [0.3, 0.4) is 0 Å². The van der Waals surface area contributed by atoms with Crippen LogP contribution >= 0.6 is 0 Å². The van der Waals surface area contributed by atoms with Crippen molar-refractivity contribution in [2.24, 2.45) is 28.7 Å². The summed E-state index contributed by atoms with van der Waals surface area (Å²) >= 11 is 0. The summed E-state index contributed by atoms with van der Waals surface area (Å²) in [6, 6.07) is -4.73. The van der Waals surface area contributed by atoms with Crippen molar-refractivity contribution in [1.29, 1.82) is 0 Å². The van der Waals surface area contributed by atoms with Crippen LogP contribution in [0.1, 0.15) is 19.3 Å². The van der Waals surface area contributed by atoms with Gasteiger partial charge >= 0.3 is 0 Å². The van der Waals surface area contributed by atoms with Crippen LogP contribution < -0.4 is 39.3 Å². The van der Waals surface area contributed by atoms with Gasteiger partial charge in [-0.05, 0) is 32.4 Å². The summed E-state index contributed by atoms with van der Waals surface area (Å²) < 4.78 is 23.3. The molecular weight excluding hydrogens is 618 g/mol. The fraction of sp³-hybridized carbons (Fsp3) is 0.962. The maximum atomic E-state index is 12.7. The molecule has 20 heteroatoms. The van der Waals surface area contributed by atoms with Crippen molar-refractivity contribution < 1.29 is 64.6 Å². The molecule has 0 aromatic carbocycles. The lowest BCUT2D eigenvalue weighted by Crippen LogP contribution is -2.70. The average Bonchev–Trinajstić information content (AvgIpc) is 3.01. The van der Waals surface area contributed by atoms with Gasteiger partial charge in [-0.2, -0.15) is 0 Å². The Morgan fingerprint density at radius 2 is 1.43 bits per heavy atom. The van der Waals surface area contributed by atoms with Gasteiger partial charge in [0.25, 0.3) is 0 Å². The second-order valence-electron chi connectivity index (χ2n) is 12.1. The normalized spacial score (nSPS) is 43.2. The van der Waals surface area contributed by atoms with Crippen LogP contribution in [-0.2, 0) is 23.7 Å². The van der Waals surface area contributed by atoms with Crippen LogP contribution in [0.5, 0.6) is 0 Å². The van der Waals surface area contributed by atoms with E-state index in [1.807, 2.05) is 0 Å². The molecule has 17 atom stereocenters. The number of carbonyl (C=O) groups excluding carboxylic acids is 1. The van der Waals surface area contributed by atoms with Gasteiger partial charge in [0.15, 0.2) is 12.6 Å². The third-order valence-electron chi connectivity index (χ3n) is 8.58. The van der Waals surface area contributed by atoms with E-state index < -0.39 is 116 Å². The fourth-order valence-corrected chi connectivity index (χ4v) is 5.77. The Morgan fingerprint density at radius 1 is 0.804 bits per heavy atom. The lowest BCUT2D eigenvalue weighted by atomic mass is 9.83. The molecule has 0 aromatic heterocycles. The average molecular weight is 672 g/mol. The molecule has 20 N–H and O–H groups in total. The number of carbonyl (C=O) groups is 1. The van der Waals surface area contributed by atoms with E-state index in [1.165, 1.54) is 0 Å². The highest BCUT2D eigenvalue weighted by molar-refractivity contribution is 5.80. The van der Waals surface area contributed by atoms with E-state index in [1.54, 1.807) is 0 Å². The van der Waals surface area contributed by atoms with Crippen molar-refractivity contribution in [3.63, 3.8) is 0 Å². The molecule has 1 saturated carbocycles. The largest absolute Gasteiger partial charge is 0.394 e. The Kier molecular flexibility index (Phi) is 15.3. The van der Waals surface area contributed by atoms with Gasteiger partial charge in [-0.1, -0.05) is 0 Å². The van der Waals surface area contributed by atoms with Gasteiger partial charge in [-0.3, -0.25) is 4.79 Å². The van der Waals surface area contributed by atoms with E-state index in [-0.39, 0.29) is 39.0 Å². The van der Waals surface area contributed by atoms with Crippen molar-refractivity contribution in [1.82, 2.24) is 10.6 Å². The Labute approximate surface area is 266 Å². The van der Waals surface area contributed by atoms with Crippen molar-refractivity contribution >= 4 is 5.91 Å². The number of nitrogens with two attached hydrogens (primary N) is 5. The minimum Gasteiger partial charge on any atom is -0.394 e. The molecule has 3 rings (SSSR count). The van der Waals surface area contributed by atoms with Crippen LogP contribution in [0.2, 0.25) is 0 Å². The lowest BCUT2D eigenvalue weighted by Gasteiger charge is -2.49. The van der Waals surface area contributed by atoms with E-state index in [2.05, 4.69) is 10.6 Å². The number of ether oxygens (including phenoxy) is 4. The molecular formula is C26H53N7O13. The third kappa shape index (κ3) is 9.46. The number of hydrogen-bond donors (Lipinski definition) is 15. The molecule has 0 bridgehead atoms. The van der Waals surface area contributed by atoms with E-state index in [0.717, 1.165) is 0 Å². The molecule has 2 heterocycles. The minimum atomic E-state index is -1.70. The summed E-state index contributed by atoms with van der Waals surface area (Å²) in [4.78, 5) is 12.7. The van der Waals surface area contributed by atoms with E-state index in [0.29, 0.717) is 6.42 Å². The Morgan fingerprint density at radius 3 is 2.07 bits per heavy atom. The van der Waals surface area contributed by atoms with Crippen molar-refractivity contribution in [2.45, 2.75) is 123 Å². The summed E-state index contributed by atoms with van der Waals surface area (Å²) in [5.41, 5.74) is 29.3. The maximum absolute atomic E-state index is 12.7. The molecule has 20 nitrogen and oxygen atoms in total. The Hall–Kier alpha value is -1.25. The molecule has 46 heavy (non-hydrogen) atoms. The molecule has 2 unspecified atom stereocenters. The molecule has 2 saturated heterocycles. The van der Waals surface area contributed by atoms with Gasteiger partial charge in [-0.15, -0.1) is 0 Å². The predicted molar refractivity (Wildman–Crippen MR) is 157 cm³/mol. The van der Waals surface area contributed by atoms with Crippen LogP contribution in [0.15, 0.2) is 0 Å². The van der Waals surface area contributed by atoms with Gasteiger partial charge in [0.2, 0.25) is 5.91 Å². The topological polar surface area (TPSA) is 370 Å². The van der Waals surface area contributed by atoms with E-state index in [4.69, 9.17) is 47.6 Å². The maximum Gasteiger partial charge on any atom is 0.249 e. The second-order valence-corrected chi connectivity index (χ2v) is 12.1. The molecule has 3 aliphatic rings. The zero-order chi connectivity index (χ0) is 34.3. The first-order chi connectivity index (χ1) is 21.7. The molecule has 270 valence electrons. The monoisotopic (exact) mass is 671 g/mol. The molecule has 2 aliphatic heterocycles. The zero-order valence-electron chi connectivity index (χ0n) is 25.5. The smallest absolute Gasteiger partial charge is 0.249 e. The van der Waals surface area contributed by atoms with Crippen LogP contribution in [-0.4, -0.2) is 183 Å². The van der Waals surface area contributed by atoms with Crippen molar-refractivity contribution in [2.75, 3.05) is 32.8 Å².